The van der Waals surface area contributed by atoms with Crippen LogP contribution in [0, 0.1) is 17.0 Å². The second-order valence-electron chi connectivity index (χ2n) is 3.01. The monoisotopic (exact) mass is 212 g/mol. The standard InChI is InChI=1S/C9H12N2O4/c1-6-7(10-4-5-12)2-3-8(13)9(6)11(14)15/h2-3,10,12-13H,4-5H2,1H3. The van der Waals surface area contributed by atoms with Crippen molar-refractivity contribution < 1.29 is 15.1 Å². The number of aromatic hydroxyl groups is 1. The molecule has 0 aliphatic heterocycles. The number of aliphatic hydroxyl groups is 1. The first-order chi connectivity index (χ1) is 7.07. The minimum atomic E-state index is -0.630. The average Bonchev–Trinajstić information content (AvgIpc) is 2.16. The van der Waals surface area contributed by atoms with Crippen LogP contribution < -0.4 is 5.32 Å². The first-order valence-electron chi connectivity index (χ1n) is 4.39. The molecule has 82 valence electrons. The third kappa shape index (κ3) is 2.35. The fraction of sp³-hybridized carbons (Fsp3) is 0.333. The molecule has 3 N–H and O–H groups in total. The number of hydrogen-bond acceptors (Lipinski definition) is 5. The maximum Gasteiger partial charge on any atom is 0.315 e. The van der Waals surface area contributed by atoms with Crippen LogP contribution in [-0.4, -0.2) is 28.3 Å². The summed E-state index contributed by atoms with van der Waals surface area (Å²) < 4.78 is 0. The second kappa shape index (κ2) is 4.61. The third-order valence-electron chi connectivity index (χ3n) is 2.02. The van der Waals surface area contributed by atoms with Crippen LogP contribution >= 0.6 is 0 Å². The van der Waals surface area contributed by atoms with Gasteiger partial charge in [-0.25, -0.2) is 0 Å². The molecule has 0 fully saturated rings. The highest BCUT2D eigenvalue weighted by molar-refractivity contribution is 5.65. The van der Waals surface area contributed by atoms with Crippen molar-refractivity contribution in [1.29, 1.82) is 0 Å². The van der Waals surface area contributed by atoms with Crippen LogP contribution in [0.5, 0.6) is 5.75 Å². The molecule has 0 unspecified atom stereocenters. The zero-order valence-electron chi connectivity index (χ0n) is 8.23. The third-order valence-corrected chi connectivity index (χ3v) is 2.02. The van der Waals surface area contributed by atoms with Gasteiger partial charge in [0.1, 0.15) is 0 Å². The lowest BCUT2D eigenvalue weighted by Crippen LogP contribution is -2.07. The fourth-order valence-corrected chi connectivity index (χ4v) is 1.30. The van der Waals surface area contributed by atoms with Crippen LogP contribution in [0.15, 0.2) is 12.1 Å². The topological polar surface area (TPSA) is 95.6 Å². The van der Waals surface area contributed by atoms with Gasteiger partial charge in [0.25, 0.3) is 0 Å². The van der Waals surface area contributed by atoms with Gasteiger partial charge in [-0.2, -0.15) is 0 Å². The number of nitrogens with one attached hydrogen (secondary N) is 1. The van der Waals surface area contributed by atoms with Crippen LogP contribution in [0.25, 0.3) is 0 Å². The smallest absolute Gasteiger partial charge is 0.315 e. The summed E-state index contributed by atoms with van der Waals surface area (Å²) >= 11 is 0. The largest absolute Gasteiger partial charge is 0.502 e. The molecule has 0 aliphatic rings. The van der Waals surface area contributed by atoms with Gasteiger partial charge < -0.3 is 15.5 Å². The van der Waals surface area contributed by atoms with Gasteiger partial charge in [-0.15, -0.1) is 0 Å². The zero-order valence-corrected chi connectivity index (χ0v) is 8.23. The fourth-order valence-electron chi connectivity index (χ4n) is 1.30. The number of aliphatic hydroxyl groups excluding tert-OH is 1. The van der Waals surface area contributed by atoms with E-state index in [4.69, 9.17) is 5.11 Å². The molecule has 1 rings (SSSR count). The average molecular weight is 212 g/mol. The number of nitro benzene ring substituents is 1. The van der Waals surface area contributed by atoms with E-state index >= 15 is 0 Å². The van der Waals surface area contributed by atoms with E-state index in [1.165, 1.54) is 19.1 Å². The predicted molar refractivity (Wildman–Crippen MR) is 55.1 cm³/mol. The molecule has 6 heteroatoms. The maximum atomic E-state index is 10.6. The lowest BCUT2D eigenvalue weighted by molar-refractivity contribution is -0.386. The van der Waals surface area contributed by atoms with Gasteiger partial charge in [0.15, 0.2) is 5.75 Å². The Morgan fingerprint density at radius 3 is 2.73 bits per heavy atom. The van der Waals surface area contributed by atoms with E-state index in [1.807, 2.05) is 0 Å². The molecule has 0 bridgehead atoms. The zero-order chi connectivity index (χ0) is 11.4. The quantitative estimate of drug-likeness (QED) is 0.393. The number of nitro groups is 1. The van der Waals surface area contributed by atoms with Gasteiger partial charge in [0, 0.05) is 12.2 Å². The van der Waals surface area contributed by atoms with Crippen LogP contribution in [0.3, 0.4) is 0 Å². The van der Waals surface area contributed by atoms with E-state index in [-0.39, 0.29) is 18.0 Å². The molecule has 0 saturated heterocycles. The van der Waals surface area contributed by atoms with E-state index in [2.05, 4.69) is 5.32 Å². The van der Waals surface area contributed by atoms with Gasteiger partial charge in [-0.1, -0.05) is 0 Å². The molecule has 15 heavy (non-hydrogen) atoms. The highest BCUT2D eigenvalue weighted by Gasteiger charge is 2.19. The van der Waals surface area contributed by atoms with Crippen LogP contribution in [0.1, 0.15) is 5.56 Å². The molecule has 0 atom stereocenters. The number of benzene rings is 1. The van der Waals surface area contributed by atoms with E-state index in [1.54, 1.807) is 0 Å². The van der Waals surface area contributed by atoms with Crippen molar-refractivity contribution in [2.75, 3.05) is 18.5 Å². The lowest BCUT2D eigenvalue weighted by Gasteiger charge is -2.08. The summed E-state index contributed by atoms with van der Waals surface area (Å²) in [4.78, 5) is 10.0. The number of hydrogen-bond donors (Lipinski definition) is 3. The Morgan fingerprint density at radius 2 is 2.20 bits per heavy atom. The van der Waals surface area contributed by atoms with Crippen molar-refractivity contribution in [3.63, 3.8) is 0 Å². The number of phenolic OH excluding ortho intramolecular Hbond substituents is 1. The molecule has 0 radical (unpaired) electrons. The molecule has 1 aromatic rings. The van der Waals surface area contributed by atoms with Crippen LogP contribution in [0.4, 0.5) is 11.4 Å². The summed E-state index contributed by atoms with van der Waals surface area (Å²) in [6.45, 7) is 1.79. The Hall–Kier alpha value is -1.82. The van der Waals surface area contributed by atoms with Gasteiger partial charge >= 0.3 is 5.69 Å². The predicted octanol–water partition coefficient (Wildman–Crippen LogP) is 1.01. The molecule has 0 amide bonds. The summed E-state index contributed by atoms with van der Waals surface area (Å²) in [6, 6.07) is 2.79. The Morgan fingerprint density at radius 1 is 1.53 bits per heavy atom. The van der Waals surface area contributed by atoms with E-state index in [9.17, 15) is 15.2 Å². The summed E-state index contributed by atoms with van der Waals surface area (Å²) in [5.74, 6) is -0.355. The molecule has 0 heterocycles. The molecule has 0 spiro atoms. The maximum absolute atomic E-state index is 10.6. The number of nitrogens with zero attached hydrogens (tertiary/aromatic N) is 1. The normalized spacial score (nSPS) is 10.0. The SMILES string of the molecule is Cc1c(NCCO)ccc(O)c1[N+](=O)[O-]. The van der Waals surface area contributed by atoms with Crippen molar-refractivity contribution in [2.24, 2.45) is 0 Å². The molecule has 0 aromatic heterocycles. The van der Waals surface area contributed by atoms with Gasteiger partial charge in [0.2, 0.25) is 0 Å². The Kier molecular flexibility index (Phi) is 3.46. The van der Waals surface area contributed by atoms with Crippen molar-refractivity contribution in [3.8, 4) is 5.75 Å². The Balaban J connectivity index is 3.11. The summed E-state index contributed by atoms with van der Waals surface area (Å²) in [6.07, 6.45) is 0. The van der Waals surface area contributed by atoms with Crippen molar-refractivity contribution in [3.05, 3.63) is 27.8 Å². The Labute approximate surface area is 86.3 Å². The lowest BCUT2D eigenvalue weighted by atomic mass is 10.1. The molecule has 0 saturated carbocycles. The molecule has 6 nitrogen and oxygen atoms in total. The van der Waals surface area contributed by atoms with E-state index in [0.29, 0.717) is 17.8 Å². The first kappa shape index (κ1) is 11.3. The molecular weight excluding hydrogens is 200 g/mol. The van der Waals surface area contributed by atoms with Gasteiger partial charge in [0.05, 0.1) is 17.1 Å². The van der Waals surface area contributed by atoms with Gasteiger partial charge in [-0.05, 0) is 19.1 Å². The summed E-state index contributed by atoms with van der Waals surface area (Å²) in [5.41, 5.74) is 0.583. The highest BCUT2D eigenvalue weighted by Crippen LogP contribution is 2.33. The van der Waals surface area contributed by atoms with E-state index in [0.717, 1.165) is 0 Å². The van der Waals surface area contributed by atoms with Crippen molar-refractivity contribution in [1.82, 2.24) is 0 Å². The molecular formula is C9H12N2O4. The number of rotatable bonds is 4. The number of anilines is 1. The second-order valence-corrected chi connectivity index (χ2v) is 3.01. The van der Waals surface area contributed by atoms with Crippen molar-refractivity contribution >= 4 is 11.4 Å². The minimum absolute atomic E-state index is 0.0614. The number of phenols is 1. The highest BCUT2D eigenvalue weighted by atomic mass is 16.6. The molecule has 0 aliphatic carbocycles. The summed E-state index contributed by atoms with van der Waals surface area (Å²) in [5, 5.41) is 31.4. The minimum Gasteiger partial charge on any atom is -0.502 e. The molecule has 1 aromatic carbocycles. The van der Waals surface area contributed by atoms with Crippen LogP contribution in [-0.2, 0) is 0 Å². The first-order valence-corrected chi connectivity index (χ1v) is 4.39. The summed E-state index contributed by atoms with van der Waals surface area (Å²) in [7, 11) is 0. The van der Waals surface area contributed by atoms with Crippen molar-refractivity contribution in [2.45, 2.75) is 6.92 Å². The van der Waals surface area contributed by atoms with Crippen LogP contribution in [0.2, 0.25) is 0 Å². The van der Waals surface area contributed by atoms with Gasteiger partial charge in [-0.3, -0.25) is 10.1 Å². The Bertz CT molecular complexity index is 379. The van der Waals surface area contributed by atoms with E-state index < -0.39 is 4.92 Å².